The number of fused-ring (bicyclic) bond motifs is 2. The molecule has 0 aliphatic carbocycles. The molecule has 2 aliphatic heterocycles. The van der Waals surface area contributed by atoms with Gasteiger partial charge in [-0.05, 0) is 36.2 Å². The van der Waals surface area contributed by atoms with E-state index in [1.54, 1.807) is 0 Å². The molecule has 1 spiro atoms. The van der Waals surface area contributed by atoms with Crippen molar-refractivity contribution < 1.29 is 14.3 Å². The van der Waals surface area contributed by atoms with Gasteiger partial charge in [-0.1, -0.05) is 31.2 Å². The summed E-state index contributed by atoms with van der Waals surface area (Å²) >= 11 is 0. The van der Waals surface area contributed by atoms with Gasteiger partial charge in [0.2, 0.25) is 11.7 Å². The Morgan fingerprint density at radius 2 is 1.97 bits per heavy atom. The zero-order valence-corrected chi connectivity index (χ0v) is 17.5. The molecule has 1 aromatic heterocycles. The first kappa shape index (κ1) is 19.1. The highest BCUT2D eigenvalue weighted by Crippen LogP contribution is 2.40. The summed E-state index contributed by atoms with van der Waals surface area (Å²) in [5.41, 5.74) is 5.54. The molecule has 0 unspecified atom stereocenters. The summed E-state index contributed by atoms with van der Waals surface area (Å²) in [6, 6.07) is 14.5. The first-order valence-corrected chi connectivity index (χ1v) is 10.7. The van der Waals surface area contributed by atoms with Crippen LogP contribution in [-0.2, 0) is 16.1 Å². The van der Waals surface area contributed by atoms with Gasteiger partial charge in [-0.2, -0.15) is 0 Å². The summed E-state index contributed by atoms with van der Waals surface area (Å²) in [4.78, 5) is 18.5. The number of carbonyl (C=O) groups excluding carboxylic acids is 1. The zero-order chi connectivity index (χ0) is 20.7. The Kier molecular flexibility index (Phi) is 4.70. The lowest BCUT2D eigenvalue weighted by Crippen LogP contribution is -2.52. The van der Waals surface area contributed by atoms with Gasteiger partial charge in [0.05, 0.1) is 12.1 Å². The van der Waals surface area contributed by atoms with Crippen molar-refractivity contribution in [2.24, 2.45) is 0 Å². The van der Waals surface area contributed by atoms with E-state index in [0.29, 0.717) is 39.0 Å². The molecule has 0 atom stereocenters. The predicted octanol–water partition coefficient (Wildman–Crippen LogP) is 4.85. The van der Waals surface area contributed by atoms with Gasteiger partial charge >= 0.3 is 0 Å². The number of piperidine rings is 1. The second-order valence-corrected chi connectivity index (χ2v) is 8.17. The Bertz CT molecular complexity index is 1120. The molecular weight excluding hydrogens is 376 g/mol. The number of likely N-dealkylation sites (tertiary alicyclic amines) is 1. The Morgan fingerprint density at radius 1 is 1.17 bits per heavy atom. The van der Waals surface area contributed by atoms with Crippen molar-refractivity contribution in [1.29, 1.82) is 0 Å². The molecule has 0 N–H and O–H groups in total. The molecule has 5 nitrogen and oxygen atoms in total. The maximum atomic E-state index is 12.0. The van der Waals surface area contributed by atoms with E-state index in [9.17, 15) is 4.79 Å². The van der Waals surface area contributed by atoms with Crippen LogP contribution in [0.25, 0.3) is 22.0 Å². The van der Waals surface area contributed by atoms with Crippen LogP contribution in [0.1, 0.15) is 37.3 Å². The van der Waals surface area contributed by atoms with Crippen molar-refractivity contribution in [2.75, 3.05) is 13.1 Å². The molecule has 2 aliphatic rings. The number of ether oxygens (including phenoxy) is 2. The largest absolute Gasteiger partial charge is 0.462 e. The fraction of sp³-hybridized carbons (Fsp3) is 0.360. The third-order valence-corrected chi connectivity index (χ3v) is 6.38. The number of rotatable bonds is 2. The van der Waals surface area contributed by atoms with Crippen LogP contribution in [0.15, 0.2) is 48.7 Å². The Balaban J connectivity index is 1.39. The second kappa shape index (κ2) is 7.40. The average Bonchev–Trinajstić information content (AvgIpc) is 2.79. The molecule has 2 aromatic carbocycles. The van der Waals surface area contributed by atoms with E-state index in [1.165, 1.54) is 10.9 Å². The minimum atomic E-state index is -0.612. The van der Waals surface area contributed by atoms with Gasteiger partial charge in [-0.25, -0.2) is 0 Å². The van der Waals surface area contributed by atoms with E-state index >= 15 is 0 Å². The maximum absolute atomic E-state index is 12.0. The van der Waals surface area contributed by atoms with Gasteiger partial charge < -0.3 is 14.4 Å². The van der Waals surface area contributed by atoms with Crippen molar-refractivity contribution in [1.82, 2.24) is 9.88 Å². The van der Waals surface area contributed by atoms with E-state index in [4.69, 9.17) is 9.47 Å². The lowest BCUT2D eigenvalue weighted by molar-refractivity contribution is -0.227. The van der Waals surface area contributed by atoms with Gasteiger partial charge in [0.25, 0.3) is 0 Å². The summed E-state index contributed by atoms with van der Waals surface area (Å²) in [5, 5.41) is 1.17. The minimum absolute atomic E-state index is 0.199. The monoisotopic (exact) mass is 402 g/mol. The molecule has 3 heterocycles. The fourth-order valence-corrected chi connectivity index (χ4v) is 4.54. The molecule has 1 saturated heterocycles. The van der Waals surface area contributed by atoms with Crippen molar-refractivity contribution in [3.63, 3.8) is 0 Å². The second-order valence-electron chi connectivity index (χ2n) is 8.17. The van der Waals surface area contributed by atoms with Gasteiger partial charge in [0, 0.05) is 55.1 Å². The highest BCUT2D eigenvalue weighted by molar-refractivity contribution is 5.88. The highest BCUT2D eigenvalue weighted by atomic mass is 16.7. The number of aryl methyl sites for hydroxylation is 1. The summed E-state index contributed by atoms with van der Waals surface area (Å²) in [6.07, 6.45) is 3.90. The third kappa shape index (κ3) is 3.23. The Hall–Kier alpha value is -2.92. The fourth-order valence-electron chi connectivity index (χ4n) is 4.54. The summed E-state index contributed by atoms with van der Waals surface area (Å²) in [5.74, 6) is 0.469. The van der Waals surface area contributed by atoms with Crippen LogP contribution in [0, 0.1) is 6.92 Å². The van der Waals surface area contributed by atoms with Crippen LogP contribution in [0.2, 0.25) is 0 Å². The zero-order valence-electron chi connectivity index (χ0n) is 17.5. The van der Waals surface area contributed by atoms with Crippen LogP contribution < -0.4 is 4.74 Å². The number of carbonyl (C=O) groups is 1. The van der Waals surface area contributed by atoms with Crippen LogP contribution >= 0.6 is 0 Å². The maximum Gasteiger partial charge on any atom is 0.222 e. The predicted molar refractivity (Wildman–Crippen MR) is 116 cm³/mol. The number of nitrogens with zero attached hydrogens (tertiary/aromatic N) is 2. The first-order valence-electron chi connectivity index (χ1n) is 10.7. The number of pyridine rings is 1. The summed E-state index contributed by atoms with van der Waals surface area (Å²) in [7, 11) is 0. The highest BCUT2D eigenvalue weighted by Gasteiger charge is 2.41. The molecule has 0 radical (unpaired) electrons. The van der Waals surface area contributed by atoms with E-state index in [-0.39, 0.29) is 5.91 Å². The normalized spacial score (nSPS) is 17.6. The number of hydrogen-bond donors (Lipinski definition) is 0. The number of para-hydroxylation sites is 1. The molecule has 0 saturated carbocycles. The molecule has 5 heteroatoms. The number of aromatic nitrogens is 1. The Morgan fingerprint density at radius 3 is 2.77 bits per heavy atom. The Labute approximate surface area is 176 Å². The smallest absolute Gasteiger partial charge is 0.222 e. The van der Waals surface area contributed by atoms with Gasteiger partial charge in [0.1, 0.15) is 5.75 Å². The number of benzene rings is 2. The van der Waals surface area contributed by atoms with Gasteiger partial charge in [0.15, 0.2) is 0 Å². The topological polar surface area (TPSA) is 51.7 Å². The van der Waals surface area contributed by atoms with Crippen LogP contribution in [0.5, 0.6) is 5.75 Å². The van der Waals surface area contributed by atoms with E-state index in [2.05, 4.69) is 30.1 Å². The van der Waals surface area contributed by atoms with E-state index in [1.807, 2.05) is 42.3 Å². The van der Waals surface area contributed by atoms with Crippen molar-refractivity contribution in [2.45, 2.75) is 45.5 Å². The third-order valence-electron chi connectivity index (χ3n) is 6.38. The van der Waals surface area contributed by atoms with E-state index in [0.717, 1.165) is 28.0 Å². The number of amides is 1. The average molecular weight is 402 g/mol. The van der Waals surface area contributed by atoms with Gasteiger partial charge in [-0.15, -0.1) is 0 Å². The molecule has 1 amide bonds. The number of hydrogen-bond acceptors (Lipinski definition) is 4. The molecule has 30 heavy (non-hydrogen) atoms. The van der Waals surface area contributed by atoms with Crippen LogP contribution in [0.3, 0.4) is 0 Å². The SMILES string of the molecule is CCC(=O)N1CCC2(CC1)OCc1cc(-c3cnc4ccccc4c3C)ccc1O2. The standard InChI is InChI=1S/C25H26N2O3/c1-3-24(28)27-12-10-25(11-13-27)29-16-19-14-18(8-9-23(19)30-25)21-15-26-22-7-5-4-6-20(22)17(21)2/h4-9,14-15H,3,10-13,16H2,1-2H3. The molecule has 0 bridgehead atoms. The molecule has 154 valence electrons. The van der Waals surface area contributed by atoms with Crippen molar-refractivity contribution >= 4 is 16.8 Å². The van der Waals surface area contributed by atoms with E-state index < -0.39 is 5.79 Å². The van der Waals surface area contributed by atoms with Gasteiger partial charge in [-0.3, -0.25) is 9.78 Å². The van der Waals surface area contributed by atoms with Crippen molar-refractivity contribution in [3.8, 4) is 16.9 Å². The molecule has 3 aromatic rings. The van der Waals surface area contributed by atoms with Crippen LogP contribution in [0.4, 0.5) is 0 Å². The van der Waals surface area contributed by atoms with Crippen molar-refractivity contribution in [3.05, 3.63) is 59.8 Å². The molecule has 1 fully saturated rings. The molecular formula is C25H26N2O3. The van der Waals surface area contributed by atoms with Crippen LogP contribution in [-0.4, -0.2) is 34.7 Å². The lowest BCUT2D eigenvalue weighted by atomic mass is 9.96. The molecule has 5 rings (SSSR count). The minimum Gasteiger partial charge on any atom is -0.462 e. The lowest BCUT2D eigenvalue weighted by Gasteiger charge is -2.44. The first-order chi connectivity index (χ1) is 14.6. The summed E-state index contributed by atoms with van der Waals surface area (Å²) < 4.78 is 12.5. The quantitative estimate of drug-likeness (QED) is 0.615. The summed E-state index contributed by atoms with van der Waals surface area (Å²) in [6.45, 7) is 5.93.